The topological polar surface area (TPSA) is 12.9 Å². The van der Waals surface area contributed by atoms with Crippen LogP contribution >= 0.6 is 11.3 Å². The van der Waals surface area contributed by atoms with Crippen molar-refractivity contribution >= 4 is 21.6 Å². The summed E-state index contributed by atoms with van der Waals surface area (Å²) < 4.78 is 38.5. The molecule has 0 unspecified atom stereocenters. The Morgan fingerprint density at radius 1 is 0.895 bits per heavy atom. The predicted molar refractivity (Wildman–Crippen MR) is 70.1 cm³/mol. The van der Waals surface area contributed by atoms with Gasteiger partial charge < -0.3 is 0 Å². The predicted octanol–water partition coefficient (Wildman–Crippen LogP) is 4.98. The SMILES string of the molecule is FC(F)(F)c1ccc(-c2ccc3ncsc3c2)cc1. The van der Waals surface area contributed by atoms with E-state index in [0.29, 0.717) is 0 Å². The lowest BCUT2D eigenvalue weighted by Crippen LogP contribution is -2.03. The van der Waals surface area contributed by atoms with E-state index in [1.165, 1.54) is 23.5 Å². The average molecular weight is 279 g/mol. The Bertz CT molecular complexity index is 713. The molecule has 0 aliphatic heterocycles. The Balaban J connectivity index is 2.01. The maximum atomic E-state index is 12.5. The Morgan fingerprint density at radius 3 is 2.26 bits per heavy atom. The van der Waals surface area contributed by atoms with Gasteiger partial charge in [-0.15, -0.1) is 11.3 Å². The van der Waals surface area contributed by atoms with Gasteiger partial charge in [0, 0.05) is 0 Å². The van der Waals surface area contributed by atoms with Crippen LogP contribution in [0.15, 0.2) is 48.0 Å². The summed E-state index contributed by atoms with van der Waals surface area (Å²) in [6.07, 6.45) is -4.29. The average Bonchev–Trinajstić information content (AvgIpc) is 2.85. The number of thiazole rings is 1. The van der Waals surface area contributed by atoms with Gasteiger partial charge in [-0.25, -0.2) is 4.98 Å². The van der Waals surface area contributed by atoms with Crippen molar-refractivity contribution in [3.8, 4) is 11.1 Å². The van der Waals surface area contributed by atoms with E-state index < -0.39 is 11.7 Å². The lowest BCUT2D eigenvalue weighted by molar-refractivity contribution is -0.137. The molecule has 1 aromatic heterocycles. The lowest BCUT2D eigenvalue weighted by atomic mass is 10.0. The van der Waals surface area contributed by atoms with Crippen LogP contribution in [0.5, 0.6) is 0 Å². The van der Waals surface area contributed by atoms with Gasteiger partial charge in [-0.05, 0) is 35.4 Å². The fraction of sp³-hybridized carbons (Fsp3) is 0.0714. The molecule has 2 aromatic carbocycles. The third-order valence-electron chi connectivity index (χ3n) is 2.88. The van der Waals surface area contributed by atoms with Gasteiger partial charge in [0.2, 0.25) is 0 Å². The van der Waals surface area contributed by atoms with E-state index in [1.807, 2.05) is 18.2 Å². The van der Waals surface area contributed by atoms with Crippen LogP contribution in [0.1, 0.15) is 5.56 Å². The first-order chi connectivity index (χ1) is 9.04. The normalized spacial score (nSPS) is 11.9. The van der Waals surface area contributed by atoms with Crippen molar-refractivity contribution in [2.24, 2.45) is 0 Å². The minimum atomic E-state index is -4.29. The van der Waals surface area contributed by atoms with Crippen molar-refractivity contribution in [3.63, 3.8) is 0 Å². The molecule has 0 amide bonds. The molecule has 0 atom stereocenters. The summed E-state index contributed by atoms with van der Waals surface area (Å²) >= 11 is 1.51. The monoisotopic (exact) mass is 279 g/mol. The summed E-state index contributed by atoms with van der Waals surface area (Å²) in [5, 5.41) is 0. The molecule has 0 N–H and O–H groups in total. The molecule has 0 saturated heterocycles. The number of aromatic nitrogens is 1. The van der Waals surface area contributed by atoms with Crippen LogP contribution in [-0.2, 0) is 6.18 Å². The second-order valence-electron chi connectivity index (χ2n) is 4.11. The second-order valence-corrected chi connectivity index (χ2v) is 5.00. The van der Waals surface area contributed by atoms with Crippen LogP contribution in [0.3, 0.4) is 0 Å². The first kappa shape index (κ1) is 12.2. The number of benzene rings is 2. The Kier molecular flexibility index (Phi) is 2.78. The van der Waals surface area contributed by atoms with Crippen molar-refractivity contribution in [2.45, 2.75) is 6.18 Å². The summed E-state index contributed by atoms with van der Waals surface area (Å²) in [5.74, 6) is 0. The molecule has 1 nitrogen and oxygen atoms in total. The van der Waals surface area contributed by atoms with Gasteiger partial charge in [0.15, 0.2) is 0 Å². The molecule has 0 bridgehead atoms. The number of fused-ring (bicyclic) bond motifs is 1. The van der Waals surface area contributed by atoms with E-state index in [9.17, 15) is 13.2 Å². The molecule has 96 valence electrons. The van der Waals surface area contributed by atoms with E-state index in [-0.39, 0.29) is 0 Å². The molecule has 0 aliphatic carbocycles. The van der Waals surface area contributed by atoms with E-state index in [0.717, 1.165) is 33.5 Å². The number of hydrogen-bond acceptors (Lipinski definition) is 2. The Morgan fingerprint density at radius 2 is 1.58 bits per heavy atom. The van der Waals surface area contributed by atoms with Crippen LogP contribution in [-0.4, -0.2) is 4.98 Å². The molecule has 0 saturated carbocycles. The fourth-order valence-corrected chi connectivity index (χ4v) is 2.60. The number of alkyl halides is 3. The molecule has 0 aliphatic rings. The zero-order valence-electron chi connectivity index (χ0n) is 9.61. The van der Waals surface area contributed by atoms with Gasteiger partial charge in [-0.3, -0.25) is 0 Å². The molecule has 5 heteroatoms. The van der Waals surface area contributed by atoms with Gasteiger partial charge in [0.25, 0.3) is 0 Å². The van der Waals surface area contributed by atoms with Gasteiger partial charge in [-0.2, -0.15) is 13.2 Å². The standard InChI is InChI=1S/C14H8F3NS/c15-14(16,17)11-4-1-9(2-5-11)10-3-6-12-13(7-10)19-8-18-12/h1-8H. The molecule has 1 heterocycles. The summed E-state index contributed by atoms with van der Waals surface area (Å²) in [5.41, 5.74) is 3.69. The third-order valence-corrected chi connectivity index (χ3v) is 3.67. The van der Waals surface area contributed by atoms with Gasteiger partial charge in [0.1, 0.15) is 0 Å². The van der Waals surface area contributed by atoms with Crippen molar-refractivity contribution in [2.75, 3.05) is 0 Å². The van der Waals surface area contributed by atoms with Crippen molar-refractivity contribution in [3.05, 3.63) is 53.5 Å². The van der Waals surface area contributed by atoms with Crippen LogP contribution < -0.4 is 0 Å². The van der Waals surface area contributed by atoms with Crippen molar-refractivity contribution < 1.29 is 13.2 Å². The van der Waals surface area contributed by atoms with Crippen LogP contribution in [0, 0.1) is 0 Å². The Hall–Kier alpha value is -1.88. The molecule has 0 radical (unpaired) electrons. The maximum Gasteiger partial charge on any atom is 0.416 e. The molecule has 0 spiro atoms. The van der Waals surface area contributed by atoms with Crippen LogP contribution in [0.2, 0.25) is 0 Å². The summed E-state index contributed by atoms with van der Waals surface area (Å²) in [7, 11) is 0. The van der Waals surface area contributed by atoms with Crippen LogP contribution in [0.4, 0.5) is 13.2 Å². The highest BCUT2D eigenvalue weighted by Gasteiger charge is 2.29. The molecule has 3 aromatic rings. The van der Waals surface area contributed by atoms with Gasteiger partial charge >= 0.3 is 6.18 Å². The molecular formula is C14H8F3NS. The summed E-state index contributed by atoms with van der Waals surface area (Å²) in [4.78, 5) is 4.17. The number of nitrogens with zero attached hydrogens (tertiary/aromatic N) is 1. The van der Waals surface area contributed by atoms with Crippen molar-refractivity contribution in [1.82, 2.24) is 4.98 Å². The Labute approximate surface area is 111 Å². The summed E-state index contributed by atoms with van der Waals surface area (Å²) in [6, 6.07) is 10.9. The summed E-state index contributed by atoms with van der Waals surface area (Å²) in [6.45, 7) is 0. The highest BCUT2D eigenvalue weighted by molar-refractivity contribution is 7.16. The molecule has 0 fully saturated rings. The molecular weight excluding hydrogens is 271 g/mol. The molecule has 19 heavy (non-hydrogen) atoms. The minimum Gasteiger partial charge on any atom is -0.245 e. The lowest BCUT2D eigenvalue weighted by Gasteiger charge is -2.07. The number of hydrogen-bond donors (Lipinski definition) is 0. The van der Waals surface area contributed by atoms with E-state index in [1.54, 1.807) is 5.51 Å². The zero-order valence-corrected chi connectivity index (χ0v) is 10.4. The number of halogens is 3. The van der Waals surface area contributed by atoms with Crippen molar-refractivity contribution in [1.29, 1.82) is 0 Å². The fourth-order valence-electron chi connectivity index (χ4n) is 1.89. The minimum absolute atomic E-state index is 0.630. The smallest absolute Gasteiger partial charge is 0.245 e. The quantitative estimate of drug-likeness (QED) is 0.612. The van der Waals surface area contributed by atoms with Crippen LogP contribution in [0.25, 0.3) is 21.3 Å². The van der Waals surface area contributed by atoms with Gasteiger partial charge in [0.05, 0.1) is 21.3 Å². The number of rotatable bonds is 1. The van der Waals surface area contributed by atoms with E-state index in [4.69, 9.17) is 0 Å². The molecule has 3 rings (SSSR count). The second kappa shape index (κ2) is 4.35. The van der Waals surface area contributed by atoms with Gasteiger partial charge in [-0.1, -0.05) is 18.2 Å². The maximum absolute atomic E-state index is 12.5. The zero-order chi connectivity index (χ0) is 13.5. The first-order valence-corrected chi connectivity index (χ1v) is 6.43. The third kappa shape index (κ3) is 2.33. The highest BCUT2D eigenvalue weighted by Crippen LogP contribution is 2.32. The van der Waals surface area contributed by atoms with E-state index >= 15 is 0 Å². The highest BCUT2D eigenvalue weighted by atomic mass is 32.1. The largest absolute Gasteiger partial charge is 0.416 e. The first-order valence-electron chi connectivity index (χ1n) is 5.55. The van der Waals surface area contributed by atoms with E-state index in [2.05, 4.69) is 4.98 Å².